The molecule has 0 aromatic rings. The third-order valence-electron chi connectivity index (χ3n) is 1.23. The molecule has 0 saturated heterocycles. The molecule has 72 valence electrons. The van der Waals surface area contributed by atoms with Crippen LogP contribution in [0.5, 0.6) is 0 Å². The number of rotatable bonds is 5. The number of aliphatic hydroxyl groups excluding tert-OH is 3. The summed E-state index contributed by atoms with van der Waals surface area (Å²) in [6.07, 6.45) is -1.76. The van der Waals surface area contributed by atoms with E-state index in [9.17, 15) is 4.79 Å². The Bertz CT molecular complexity index is 136. The summed E-state index contributed by atoms with van der Waals surface area (Å²) in [4.78, 5) is 10.7. The Kier molecular flexibility index (Phi) is 5.61. The maximum Gasteiger partial charge on any atom is 0.339 e. The molecule has 0 aliphatic rings. The highest BCUT2D eigenvalue weighted by atomic mass is 16.6. The molecule has 0 bridgehead atoms. The molecule has 0 aromatic heterocycles. The van der Waals surface area contributed by atoms with Crippen molar-refractivity contribution in [3.05, 3.63) is 0 Å². The predicted octanol–water partition coefficient (Wildman–Crippen LogP) is -0.999. The van der Waals surface area contributed by atoms with E-state index < -0.39 is 25.0 Å². The molecule has 0 saturated carbocycles. The topological polar surface area (TPSA) is 87.0 Å². The minimum absolute atomic E-state index is 0.323. The minimum atomic E-state index is -1.56. The summed E-state index contributed by atoms with van der Waals surface area (Å²) in [7, 11) is 0. The van der Waals surface area contributed by atoms with Gasteiger partial charge in [0.1, 0.15) is 0 Å². The van der Waals surface area contributed by atoms with Gasteiger partial charge in [-0.25, -0.2) is 4.79 Å². The minimum Gasteiger partial charge on any atom is -0.434 e. The fourth-order valence-corrected chi connectivity index (χ4v) is 0.593. The molecule has 0 fully saturated rings. The van der Waals surface area contributed by atoms with E-state index in [2.05, 4.69) is 4.74 Å². The molecule has 0 spiro atoms. The van der Waals surface area contributed by atoms with Gasteiger partial charge in [-0.2, -0.15) is 0 Å². The first-order chi connectivity index (χ1) is 5.61. The molecule has 0 aromatic carbocycles. The summed E-state index contributed by atoms with van der Waals surface area (Å²) < 4.78 is 4.35. The molecular weight excluding hydrogens is 164 g/mol. The van der Waals surface area contributed by atoms with E-state index in [1.807, 2.05) is 6.92 Å². The molecule has 0 amide bonds. The number of aliphatic hydroxyl groups is 3. The van der Waals surface area contributed by atoms with Crippen LogP contribution in [-0.2, 0) is 9.53 Å². The zero-order chi connectivity index (χ0) is 9.56. The Morgan fingerprint density at radius 3 is 2.50 bits per heavy atom. The Balaban J connectivity index is 3.67. The molecule has 5 nitrogen and oxygen atoms in total. The lowest BCUT2D eigenvalue weighted by molar-refractivity contribution is -0.180. The fraction of sp³-hybridized carbons (Fsp3) is 0.857. The van der Waals surface area contributed by atoms with E-state index in [0.29, 0.717) is 12.8 Å². The van der Waals surface area contributed by atoms with Crippen LogP contribution in [0.4, 0.5) is 0 Å². The highest BCUT2D eigenvalue weighted by molar-refractivity contribution is 5.74. The SMILES string of the molecule is CCCC(O)OC(=O)C(O)CO. The van der Waals surface area contributed by atoms with Gasteiger partial charge in [-0.15, -0.1) is 0 Å². The molecule has 3 N–H and O–H groups in total. The van der Waals surface area contributed by atoms with Crippen LogP contribution in [0.3, 0.4) is 0 Å². The number of esters is 1. The summed E-state index contributed by atoms with van der Waals surface area (Å²) >= 11 is 0. The third-order valence-corrected chi connectivity index (χ3v) is 1.23. The summed E-state index contributed by atoms with van der Waals surface area (Å²) in [6.45, 7) is 1.12. The van der Waals surface area contributed by atoms with Crippen LogP contribution < -0.4 is 0 Å². The van der Waals surface area contributed by atoms with Crippen molar-refractivity contribution in [2.45, 2.75) is 32.2 Å². The van der Waals surface area contributed by atoms with E-state index in [1.54, 1.807) is 0 Å². The first kappa shape index (κ1) is 11.4. The van der Waals surface area contributed by atoms with Crippen LogP contribution in [0.1, 0.15) is 19.8 Å². The summed E-state index contributed by atoms with van der Waals surface area (Å²) in [5, 5.41) is 26.0. The van der Waals surface area contributed by atoms with Crippen LogP contribution in [0.15, 0.2) is 0 Å². The maximum atomic E-state index is 10.7. The lowest BCUT2D eigenvalue weighted by atomic mass is 10.3. The molecule has 0 aliphatic carbocycles. The Hall–Kier alpha value is -0.650. The highest BCUT2D eigenvalue weighted by Crippen LogP contribution is 1.99. The van der Waals surface area contributed by atoms with Crippen molar-refractivity contribution < 1.29 is 24.9 Å². The molecule has 5 heteroatoms. The molecular formula is C7H14O5. The van der Waals surface area contributed by atoms with Crippen molar-refractivity contribution in [3.8, 4) is 0 Å². The van der Waals surface area contributed by atoms with Crippen molar-refractivity contribution in [2.24, 2.45) is 0 Å². The van der Waals surface area contributed by atoms with Gasteiger partial charge in [0.25, 0.3) is 0 Å². The number of hydrogen-bond acceptors (Lipinski definition) is 5. The van der Waals surface area contributed by atoms with Crippen LogP contribution in [0.2, 0.25) is 0 Å². The lowest BCUT2D eigenvalue weighted by Crippen LogP contribution is -2.30. The summed E-state index contributed by atoms with van der Waals surface area (Å²) in [5.41, 5.74) is 0. The third kappa shape index (κ3) is 4.27. The van der Waals surface area contributed by atoms with Gasteiger partial charge in [-0.1, -0.05) is 13.3 Å². The average Bonchev–Trinajstić information content (AvgIpc) is 2.03. The summed E-state index contributed by atoms with van der Waals surface area (Å²) in [5.74, 6) is -1.00. The van der Waals surface area contributed by atoms with E-state index in [0.717, 1.165) is 0 Å². The monoisotopic (exact) mass is 178 g/mol. The largest absolute Gasteiger partial charge is 0.434 e. The quantitative estimate of drug-likeness (QED) is 0.371. The lowest BCUT2D eigenvalue weighted by Gasteiger charge is -2.12. The van der Waals surface area contributed by atoms with E-state index in [-0.39, 0.29) is 0 Å². The van der Waals surface area contributed by atoms with Crippen molar-refractivity contribution in [3.63, 3.8) is 0 Å². The predicted molar refractivity (Wildman–Crippen MR) is 40.1 cm³/mol. The van der Waals surface area contributed by atoms with E-state index in [1.165, 1.54) is 0 Å². The second kappa shape index (κ2) is 5.93. The van der Waals surface area contributed by atoms with Crippen LogP contribution in [-0.4, -0.2) is 40.3 Å². The Morgan fingerprint density at radius 1 is 1.50 bits per heavy atom. The standard InChI is InChI=1S/C7H14O5/c1-2-3-6(10)12-7(11)5(9)4-8/h5-6,8-10H,2-4H2,1H3. The number of ether oxygens (including phenoxy) is 1. The second-order valence-electron chi connectivity index (χ2n) is 2.38. The van der Waals surface area contributed by atoms with Crippen molar-refractivity contribution >= 4 is 5.97 Å². The van der Waals surface area contributed by atoms with Gasteiger partial charge in [-0.3, -0.25) is 0 Å². The molecule has 0 heterocycles. The van der Waals surface area contributed by atoms with Gasteiger partial charge in [0.05, 0.1) is 6.61 Å². The van der Waals surface area contributed by atoms with E-state index >= 15 is 0 Å². The summed E-state index contributed by atoms with van der Waals surface area (Å²) in [6, 6.07) is 0. The van der Waals surface area contributed by atoms with Gasteiger partial charge in [0, 0.05) is 6.42 Å². The second-order valence-corrected chi connectivity index (χ2v) is 2.38. The normalized spacial score (nSPS) is 15.3. The number of carbonyl (C=O) groups excluding carboxylic acids is 1. The highest BCUT2D eigenvalue weighted by Gasteiger charge is 2.18. The molecule has 2 atom stereocenters. The fourth-order valence-electron chi connectivity index (χ4n) is 0.593. The van der Waals surface area contributed by atoms with Gasteiger partial charge in [-0.05, 0) is 0 Å². The molecule has 12 heavy (non-hydrogen) atoms. The first-order valence-corrected chi connectivity index (χ1v) is 3.79. The number of hydrogen-bond donors (Lipinski definition) is 3. The van der Waals surface area contributed by atoms with E-state index in [4.69, 9.17) is 15.3 Å². The zero-order valence-corrected chi connectivity index (χ0v) is 6.93. The molecule has 2 unspecified atom stereocenters. The Labute approximate surface area is 70.6 Å². The van der Waals surface area contributed by atoms with Crippen LogP contribution in [0.25, 0.3) is 0 Å². The first-order valence-electron chi connectivity index (χ1n) is 3.79. The number of carbonyl (C=O) groups is 1. The van der Waals surface area contributed by atoms with Crippen molar-refractivity contribution in [1.29, 1.82) is 0 Å². The van der Waals surface area contributed by atoms with Crippen molar-refractivity contribution in [2.75, 3.05) is 6.61 Å². The smallest absolute Gasteiger partial charge is 0.339 e. The molecule has 0 rings (SSSR count). The molecule has 0 radical (unpaired) electrons. The maximum absolute atomic E-state index is 10.7. The van der Waals surface area contributed by atoms with Gasteiger partial charge < -0.3 is 20.1 Å². The van der Waals surface area contributed by atoms with Gasteiger partial charge >= 0.3 is 5.97 Å². The molecule has 0 aliphatic heterocycles. The van der Waals surface area contributed by atoms with Gasteiger partial charge in [0.15, 0.2) is 6.10 Å². The Morgan fingerprint density at radius 2 is 2.08 bits per heavy atom. The van der Waals surface area contributed by atoms with Crippen LogP contribution >= 0.6 is 0 Å². The van der Waals surface area contributed by atoms with Gasteiger partial charge in [0.2, 0.25) is 6.29 Å². The zero-order valence-electron chi connectivity index (χ0n) is 6.93. The average molecular weight is 178 g/mol. The van der Waals surface area contributed by atoms with Crippen LogP contribution in [0, 0.1) is 0 Å². The van der Waals surface area contributed by atoms with Crippen molar-refractivity contribution in [1.82, 2.24) is 0 Å².